The minimum Gasteiger partial charge on any atom is -0.508 e. The van der Waals surface area contributed by atoms with Gasteiger partial charge in [-0.05, 0) is 19.1 Å². The lowest BCUT2D eigenvalue weighted by atomic mass is 9.69. The molecule has 1 aliphatic heterocycles. The van der Waals surface area contributed by atoms with Crippen molar-refractivity contribution < 1.29 is 24.2 Å². The summed E-state index contributed by atoms with van der Waals surface area (Å²) in [6.45, 7) is 5.68. The van der Waals surface area contributed by atoms with E-state index in [0.29, 0.717) is 16.6 Å². The number of rotatable bonds is 5. The van der Waals surface area contributed by atoms with Gasteiger partial charge in [-0.2, -0.15) is 0 Å². The largest absolute Gasteiger partial charge is 0.508 e. The van der Waals surface area contributed by atoms with E-state index in [1.807, 2.05) is 38.1 Å². The quantitative estimate of drug-likeness (QED) is 0.548. The third-order valence-corrected chi connectivity index (χ3v) is 6.03. The highest BCUT2D eigenvalue weighted by Gasteiger charge is 2.43. The van der Waals surface area contributed by atoms with Crippen LogP contribution in [0.25, 0.3) is 0 Å². The third-order valence-electron chi connectivity index (χ3n) is 5.27. The maximum absolute atomic E-state index is 13.4. The highest BCUT2D eigenvalue weighted by Crippen LogP contribution is 2.52. The van der Waals surface area contributed by atoms with Gasteiger partial charge in [0.1, 0.15) is 17.2 Å². The Morgan fingerprint density at radius 2 is 1.94 bits per heavy atom. The number of esters is 1. The fourth-order valence-corrected chi connectivity index (χ4v) is 4.42. The summed E-state index contributed by atoms with van der Waals surface area (Å²) in [4.78, 5) is 29.4. The minimum atomic E-state index is -0.901. The van der Waals surface area contributed by atoms with Gasteiger partial charge in [0.25, 0.3) is 0 Å². The maximum atomic E-state index is 13.4. The van der Waals surface area contributed by atoms with Crippen LogP contribution >= 0.6 is 11.3 Å². The number of anilines is 1. The van der Waals surface area contributed by atoms with E-state index in [1.54, 1.807) is 30.5 Å². The number of hydrogen-bond donors (Lipinski definition) is 2. The molecular weight excluding hydrogens is 416 g/mol. The molecule has 0 aliphatic carbocycles. The van der Waals surface area contributed by atoms with Crippen LogP contribution in [0.15, 0.2) is 47.8 Å². The smallest absolute Gasteiger partial charge is 0.357 e. The summed E-state index contributed by atoms with van der Waals surface area (Å²) in [7, 11) is 0. The molecule has 1 atom stereocenters. The molecule has 1 amide bonds. The number of thiazole rings is 1. The predicted octanol–water partition coefficient (Wildman–Crippen LogP) is 4.93. The lowest BCUT2D eigenvalue weighted by Gasteiger charge is -2.38. The molecule has 0 fully saturated rings. The number of carbonyl (C=O) groups excluding carboxylic acids is 2. The van der Waals surface area contributed by atoms with Gasteiger partial charge >= 0.3 is 5.97 Å². The van der Waals surface area contributed by atoms with Crippen molar-refractivity contribution in [2.45, 2.75) is 26.7 Å². The average Bonchev–Trinajstić information content (AvgIpc) is 3.20. The van der Waals surface area contributed by atoms with Crippen molar-refractivity contribution in [2.24, 2.45) is 5.41 Å². The van der Waals surface area contributed by atoms with Crippen LogP contribution in [0.3, 0.4) is 0 Å². The Labute approximate surface area is 183 Å². The minimum absolute atomic E-state index is 0.0911. The second-order valence-corrected chi connectivity index (χ2v) is 8.59. The molecule has 1 aromatic heterocycles. The maximum Gasteiger partial charge on any atom is 0.357 e. The summed E-state index contributed by atoms with van der Waals surface area (Å²) in [5, 5.41) is 14.6. The topological polar surface area (TPSA) is 97.8 Å². The van der Waals surface area contributed by atoms with Crippen LogP contribution in [0.2, 0.25) is 0 Å². The molecule has 7 nitrogen and oxygen atoms in total. The summed E-state index contributed by atoms with van der Waals surface area (Å²) in [6.07, 6.45) is 0. The fourth-order valence-electron chi connectivity index (χ4n) is 3.74. The summed E-state index contributed by atoms with van der Waals surface area (Å²) in [5.74, 6) is 0.156. The average molecular weight is 439 g/mol. The van der Waals surface area contributed by atoms with Gasteiger partial charge in [0, 0.05) is 28.5 Å². The van der Waals surface area contributed by atoms with Crippen LogP contribution in [0.1, 0.15) is 48.3 Å². The number of nitrogens with one attached hydrogen (secondary N) is 1. The van der Waals surface area contributed by atoms with Gasteiger partial charge in [0.05, 0.1) is 12.0 Å². The van der Waals surface area contributed by atoms with Gasteiger partial charge in [0.15, 0.2) is 10.8 Å². The summed E-state index contributed by atoms with van der Waals surface area (Å²) < 4.78 is 10.9. The molecule has 1 unspecified atom stereocenters. The number of aromatic nitrogens is 1. The first-order valence-electron chi connectivity index (χ1n) is 9.85. The molecule has 2 heterocycles. The van der Waals surface area contributed by atoms with Crippen molar-refractivity contribution in [3.63, 3.8) is 0 Å². The van der Waals surface area contributed by atoms with Crippen molar-refractivity contribution >= 4 is 28.3 Å². The first kappa shape index (κ1) is 20.9. The van der Waals surface area contributed by atoms with Crippen molar-refractivity contribution in [2.75, 3.05) is 11.9 Å². The number of nitrogens with zero attached hydrogens (tertiary/aromatic N) is 1. The zero-order valence-electron chi connectivity index (χ0n) is 17.3. The van der Waals surface area contributed by atoms with Crippen molar-refractivity contribution in [3.05, 3.63) is 64.7 Å². The second kappa shape index (κ2) is 8.03. The Bertz CT molecular complexity index is 1150. The number of benzene rings is 2. The van der Waals surface area contributed by atoms with Crippen LogP contribution in [-0.2, 0) is 9.53 Å². The van der Waals surface area contributed by atoms with E-state index in [4.69, 9.17) is 9.47 Å². The van der Waals surface area contributed by atoms with Gasteiger partial charge in [-0.1, -0.05) is 38.1 Å². The Balaban J connectivity index is 1.67. The Hall–Kier alpha value is -3.39. The number of aromatic hydroxyl groups is 1. The number of hydrogen-bond acceptors (Lipinski definition) is 7. The number of phenols is 1. The molecule has 0 saturated heterocycles. The number of fused-ring (bicyclic) bond motifs is 2. The van der Waals surface area contributed by atoms with Crippen LogP contribution in [0, 0.1) is 5.41 Å². The van der Waals surface area contributed by atoms with E-state index in [-0.39, 0.29) is 29.9 Å². The van der Waals surface area contributed by atoms with Gasteiger partial charge in [-0.25, -0.2) is 9.78 Å². The molecule has 2 aromatic carbocycles. The van der Waals surface area contributed by atoms with E-state index in [9.17, 15) is 14.7 Å². The first-order chi connectivity index (χ1) is 14.8. The van der Waals surface area contributed by atoms with Crippen molar-refractivity contribution in [3.8, 4) is 17.2 Å². The first-order valence-corrected chi connectivity index (χ1v) is 10.7. The SMILES string of the molecule is CCOC(=O)c1csc(NC(=O)C(C)(C)C2c3ccccc3Oc3cc(O)ccc32)n1. The van der Waals surface area contributed by atoms with E-state index < -0.39 is 11.4 Å². The molecule has 1 aliphatic rings. The van der Waals surface area contributed by atoms with E-state index in [1.165, 1.54) is 11.3 Å². The lowest BCUT2D eigenvalue weighted by Crippen LogP contribution is -2.38. The zero-order valence-corrected chi connectivity index (χ0v) is 18.2. The molecule has 0 bridgehead atoms. The molecule has 0 saturated carbocycles. The number of ether oxygens (including phenoxy) is 2. The molecule has 0 spiro atoms. The van der Waals surface area contributed by atoms with Gasteiger partial charge in [0.2, 0.25) is 5.91 Å². The molecular formula is C23H22N2O5S. The standard InChI is InChI=1S/C23H22N2O5S/c1-4-29-20(27)16-12-31-22(24-16)25-21(28)23(2,3)19-14-7-5-6-8-17(14)30-18-11-13(26)9-10-15(18)19/h5-12,19,26H,4H2,1-3H3,(H,24,25,28). The van der Waals surface area contributed by atoms with E-state index >= 15 is 0 Å². The van der Waals surface area contributed by atoms with Crippen LogP contribution < -0.4 is 10.1 Å². The van der Waals surface area contributed by atoms with Gasteiger partial charge in [-0.3, -0.25) is 4.79 Å². The van der Waals surface area contributed by atoms with Crippen LogP contribution in [-0.4, -0.2) is 28.6 Å². The normalized spacial score (nSPS) is 14.7. The fraction of sp³-hybridized carbons (Fsp3) is 0.261. The Morgan fingerprint density at radius 3 is 2.71 bits per heavy atom. The molecule has 3 aromatic rings. The van der Waals surface area contributed by atoms with Crippen LogP contribution in [0.4, 0.5) is 5.13 Å². The van der Waals surface area contributed by atoms with E-state index in [0.717, 1.165) is 11.1 Å². The van der Waals surface area contributed by atoms with Gasteiger partial charge < -0.3 is 19.9 Å². The molecule has 2 N–H and O–H groups in total. The third kappa shape index (κ3) is 3.86. The molecule has 4 rings (SSSR count). The number of carbonyl (C=O) groups is 2. The molecule has 0 radical (unpaired) electrons. The van der Waals surface area contributed by atoms with Crippen molar-refractivity contribution in [1.29, 1.82) is 0 Å². The summed E-state index contributed by atoms with van der Waals surface area (Å²) >= 11 is 1.17. The highest BCUT2D eigenvalue weighted by atomic mass is 32.1. The molecule has 160 valence electrons. The zero-order chi connectivity index (χ0) is 22.2. The number of amides is 1. The predicted molar refractivity (Wildman–Crippen MR) is 117 cm³/mol. The monoisotopic (exact) mass is 438 g/mol. The second-order valence-electron chi connectivity index (χ2n) is 7.73. The summed E-state index contributed by atoms with van der Waals surface area (Å²) in [6, 6.07) is 12.5. The Morgan fingerprint density at radius 1 is 1.19 bits per heavy atom. The highest BCUT2D eigenvalue weighted by molar-refractivity contribution is 7.14. The van der Waals surface area contributed by atoms with Gasteiger partial charge in [-0.15, -0.1) is 11.3 Å². The molecule has 31 heavy (non-hydrogen) atoms. The van der Waals surface area contributed by atoms with Crippen molar-refractivity contribution in [1.82, 2.24) is 4.98 Å². The number of phenolic OH excluding ortho intramolecular Hbond substituents is 1. The van der Waals surface area contributed by atoms with E-state index in [2.05, 4.69) is 10.3 Å². The Kier molecular flexibility index (Phi) is 5.41. The lowest BCUT2D eigenvalue weighted by molar-refractivity contribution is -0.124. The summed E-state index contributed by atoms with van der Waals surface area (Å²) in [5.41, 5.74) is 0.953. The molecule has 8 heteroatoms. The van der Waals surface area contributed by atoms with Crippen LogP contribution in [0.5, 0.6) is 17.2 Å². The number of para-hydroxylation sites is 1.